The van der Waals surface area contributed by atoms with Crippen molar-refractivity contribution in [3.63, 3.8) is 0 Å². The first kappa shape index (κ1) is 13.2. The number of aromatic nitrogens is 1. The Morgan fingerprint density at radius 2 is 1.95 bits per heavy atom. The molecule has 2 aromatic heterocycles. The summed E-state index contributed by atoms with van der Waals surface area (Å²) in [6, 6.07) is 4.44. The number of hydrogen-bond donors (Lipinski definition) is 1. The summed E-state index contributed by atoms with van der Waals surface area (Å²) < 4.78 is 48.5. The van der Waals surface area contributed by atoms with E-state index in [-0.39, 0.29) is 22.4 Å². The van der Waals surface area contributed by atoms with Gasteiger partial charge in [-0.3, -0.25) is 4.79 Å². The zero-order valence-corrected chi connectivity index (χ0v) is 10.1. The van der Waals surface area contributed by atoms with Gasteiger partial charge in [0.05, 0.1) is 10.9 Å². The molecule has 0 fully saturated rings. The van der Waals surface area contributed by atoms with E-state index in [1.165, 1.54) is 12.1 Å². The number of hydrogen-bond acceptors (Lipinski definition) is 5. The fourth-order valence-corrected chi connectivity index (χ4v) is 1.96. The Morgan fingerprint density at radius 3 is 2.57 bits per heavy atom. The average Bonchev–Trinajstić information content (AvgIpc) is 2.90. The van der Waals surface area contributed by atoms with E-state index >= 15 is 0 Å². The monoisotopic (exact) mass is 297 g/mol. The van der Waals surface area contributed by atoms with Crippen molar-refractivity contribution >= 4 is 11.0 Å². The maximum Gasteiger partial charge on any atom is 0.450 e. The van der Waals surface area contributed by atoms with E-state index in [4.69, 9.17) is 4.42 Å². The zero-order valence-electron chi connectivity index (χ0n) is 10.1. The van der Waals surface area contributed by atoms with Crippen molar-refractivity contribution in [3.8, 4) is 17.0 Å². The number of alkyl halides is 3. The second-order valence-corrected chi connectivity index (χ2v) is 4.20. The van der Waals surface area contributed by atoms with E-state index in [1.807, 2.05) is 0 Å². The molecule has 0 atom stereocenters. The smallest absolute Gasteiger partial charge is 0.450 e. The van der Waals surface area contributed by atoms with Crippen molar-refractivity contribution in [2.75, 3.05) is 0 Å². The fourth-order valence-electron chi connectivity index (χ4n) is 1.96. The molecule has 0 aliphatic rings. The summed E-state index contributed by atoms with van der Waals surface area (Å²) in [7, 11) is 0. The molecule has 2 heterocycles. The van der Waals surface area contributed by atoms with Gasteiger partial charge in [0.2, 0.25) is 11.2 Å². The molecule has 0 saturated carbocycles. The normalized spacial score (nSPS) is 12.0. The highest BCUT2D eigenvalue weighted by molar-refractivity contribution is 5.83. The van der Waals surface area contributed by atoms with Gasteiger partial charge < -0.3 is 14.0 Å². The van der Waals surface area contributed by atoms with Crippen LogP contribution < -0.4 is 5.43 Å². The van der Waals surface area contributed by atoms with Gasteiger partial charge in [0.25, 0.3) is 0 Å². The third-order valence-corrected chi connectivity index (χ3v) is 2.83. The van der Waals surface area contributed by atoms with Crippen molar-refractivity contribution in [1.29, 1.82) is 0 Å². The van der Waals surface area contributed by atoms with E-state index in [1.54, 1.807) is 0 Å². The van der Waals surface area contributed by atoms with Crippen LogP contribution in [-0.2, 0) is 6.18 Å². The maximum atomic E-state index is 13.1. The summed E-state index contributed by atoms with van der Waals surface area (Å²) in [5.41, 5.74) is -2.27. The van der Waals surface area contributed by atoms with Crippen molar-refractivity contribution in [3.05, 3.63) is 46.5 Å². The molecule has 1 aromatic carbocycles. The Bertz CT molecular complexity index is 865. The van der Waals surface area contributed by atoms with Crippen molar-refractivity contribution < 1.29 is 27.2 Å². The lowest BCUT2D eigenvalue weighted by Crippen LogP contribution is -2.16. The number of aromatic hydroxyl groups is 1. The molecular formula is C13H6F3NO4. The Kier molecular flexibility index (Phi) is 2.75. The Hall–Kier alpha value is -2.77. The molecule has 0 spiro atoms. The Labute approximate surface area is 114 Å². The fraction of sp³-hybridized carbons (Fsp3) is 0.0769. The Balaban J connectivity index is 2.47. The van der Waals surface area contributed by atoms with Crippen LogP contribution >= 0.6 is 0 Å². The summed E-state index contributed by atoms with van der Waals surface area (Å²) in [6.07, 6.45) is -3.84. The number of phenolic OH excluding ortho intramolecular Hbond substituents is 1. The first-order valence-electron chi connectivity index (χ1n) is 5.65. The van der Waals surface area contributed by atoms with Crippen LogP contribution in [0.3, 0.4) is 0 Å². The highest BCUT2D eigenvalue weighted by atomic mass is 19.4. The van der Waals surface area contributed by atoms with Crippen LogP contribution in [0.2, 0.25) is 0 Å². The number of benzene rings is 1. The number of halogens is 3. The molecule has 0 radical (unpaired) electrons. The first-order chi connectivity index (χ1) is 9.88. The SMILES string of the molecule is O=c1c(-c2ccon2)c(C(F)(F)F)oc2cc(O)ccc12. The quantitative estimate of drug-likeness (QED) is 0.746. The molecule has 0 saturated heterocycles. The Morgan fingerprint density at radius 1 is 1.19 bits per heavy atom. The van der Waals surface area contributed by atoms with E-state index < -0.39 is 22.9 Å². The van der Waals surface area contributed by atoms with Crippen LogP contribution in [0.4, 0.5) is 13.2 Å². The van der Waals surface area contributed by atoms with E-state index in [2.05, 4.69) is 9.68 Å². The van der Waals surface area contributed by atoms with E-state index in [0.29, 0.717) is 0 Å². The topological polar surface area (TPSA) is 76.5 Å². The highest BCUT2D eigenvalue weighted by Crippen LogP contribution is 2.37. The molecule has 21 heavy (non-hydrogen) atoms. The minimum absolute atomic E-state index is 0.0983. The van der Waals surface area contributed by atoms with Crippen LogP contribution in [-0.4, -0.2) is 10.3 Å². The van der Waals surface area contributed by atoms with Gasteiger partial charge in [-0.15, -0.1) is 0 Å². The first-order valence-corrected chi connectivity index (χ1v) is 5.65. The predicted octanol–water partition coefficient (Wildman–Crippen LogP) is 3.17. The summed E-state index contributed by atoms with van der Waals surface area (Å²) in [4.78, 5) is 12.3. The van der Waals surface area contributed by atoms with Gasteiger partial charge in [0.15, 0.2) is 0 Å². The molecule has 0 bridgehead atoms. The second kappa shape index (κ2) is 4.37. The lowest BCUT2D eigenvalue weighted by atomic mass is 10.1. The maximum absolute atomic E-state index is 13.1. The third-order valence-electron chi connectivity index (χ3n) is 2.83. The van der Waals surface area contributed by atoms with E-state index in [9.17, 15) is 23.1 Å². The minimum Gasteiger partial charge on any atom is -0.508 e. The van der Waals surface area contributed by atoms with Crippen LogP contribution in [0.25, 0.3) is 22.2 Å². The van der Waals surface area contributed by atoms with Crippen LogP contribution in [0.1, 0.15) is 5.76 Å². The van der Waals surface area contributed by atoms with Crippen molar-refractivity contribution in [2.45, 2.75) is 6.18 Å². The molecule has 108 valence electrons. The van der Waals surface area contributed by atoms with Crippen molar-refractivity contribution in [2.24, 2.45) is 0 Å². The lowest BCUT2D eigenvalue weighted by Gasteiger charge is -2.10. The summed E-state index contributed by atoms with van der Waals surface area (Å²) >= 11 is 0. The molecule has 0 aliphatic carbocycles. The minimum atomic E-state index is -4.90. The predicted molar refractivity (Wildman–Crippen MR) is 64.6 cm³/mol. The average molecular weight is 297 g/mol. The summed E-state index contributed by atoms with van der Waals surface area (Å²) in [6.45, 7) is 0. The molecule has 0 aliphatic heterocycles. The molecule has 1 N–H and O–H groups in total. The van der Waals surface area contributed by atoms with E-state index in [0.717, 1.165) is 18.4 Å². The number of fused-ring (bicyclic) bond motifs is 1. The molecule has 0 unspecified atom stereocenters. The van der Waals surface area contributed by atoms with Gasteiger partial charge >= 0.3 is 6.18 Å². The van der Waals surface area contributed by atoms with Crippen LogP contribution in [0.5, 0.6) is 5.75 Å². The largest absolute Gasteiger partial charge is 0.508 e. The van der Waals surface area contributed by atoms with Gasteiger partial charge in [-0.05, 0) is 12.1 Å². The van der Waals surface area contributed by atoms with Gasteiger partial charge in [-0.25, -0.2) is 0 Å². The third kappa shape index (κ3) is 2.14. The molecule has 5 nitrogen and oxygen atoms in total. The number of nitrogens with zero attached hydrogens (tertiary/aromatic N) is 1. The summed E-state index contributed by atoms with van der Waals surface area (Å²) in [5.74, 6) is -1.80. The van der Waals surface area contributed by atoms with Crippen LogP contribution in [0.15, 0.2) is 44.3 Å². The van der Waals surface area contributed by atoms with Gasteiger partial charge in [-0.2, -0.15) is 13.2 Å². The molecular weight excluding hydrogens is 291 g/mol. The number of phenols is 1. The van der Waals surface area contributed by atoms with Gasteiger partial charge in [-0.1, -0.05) is 5.16 Å². The van der Waals surface area contributed by atoms with Crippen LogP contribution in [0, 0.1) is 0 Å². The van der Waals surface area contributed by atoms with Gasteiger partial charge in [0.1, 0.15) is 23.3 Å². The second-order valence-electron chi connectivity index (χ2n) is 4.20. The van der Waals surface area contributed by atoms with Crippen molar-refractivity contribution in [1.82, 2.24) is 5.16 Å². The molecule has 3 aromatic rings. The zero-order chi connectivity index (χ0) is 15.2. The highest BCUT2D eigenvalue weighted by Gasteiger charge is 2.40. The standard InChI is InChI=1S/C13H6F3NO4/c14-13(15,16)12-10(8-3-4-20-17-8)11(19)7-2-1-6(18)5-9(7)21-12/h1-5,18H. The number of rotatable bonds is 1. The summed E-state index contributed by atoms with van der Waals surface area (Å²) in [5, 5.41) is 12.6. The molecule has 3 rings (SSSR count). The van der Waals surface area contributed by atoms with Gasteiger partial charge in [0, 0.05) is 12.1 Å². The lowest BCUT2D eigenvalue weighted by molar-refractivity contribution is -0.152. The molecule has 8 heteroatoms. The molecule has 0 amide bonds.